The molecule has 0 heterocycles. The van der Waals surface area contributed by atoms with E-state index in [1.807, 2.05) is 48.5 Å². The second-order valence-corrected chi connectivity index (χ2v) is 10.9. The van der Waals surface area contributed by atoms with E-state index in [0.717, 1.165) is 42.4 Å². The maximum absolute atomic E-state index is 13.7. The molecule has 7 heteroatoms. The van der Waals surface area contributed by atoms with Crippen LogP contribution >= 0.6 is 23.4 Å². The third-order valence-electron chi connectivity index (χ3n) is 6.62. The number of halogens is 2. The molecule has 4 nitrogen and oxygen atoms in total. The van der Waals surface area contributed by atoms with Crippen molar-refractivity contribution in [3.63, 3.8) is 0 Å². The fraction of sp³-hybridized carbons (Fsp3) is 0.333. The van der Waals surface area contributed by atoms with Gasteiger partial charge in [-0.1, -0.05) is 79.0 Å². The zero-order chi connectivity index (χ0) is 26.0. The van der Waals surface area contributed by atoms with E-state index < -0.39 is 6.04 Å². The molecule has 1 N–H and O–H groups in total. The minimum Gasteiger partial charge on any atom is -0.352 e. The fourth-order valence-corrected chi connectivity index (χ4v) is 5.76. The highest BCUT2D eigenvalue weighted by Gasteiger charge is 2.32. The molecular weight excluding hydrogens is 507 g/mol. The number of benzene rings is 3. The number of nitrogens with one attached hydrogen (secondary N) is 1. The minimum absolute atomic E-state index is 0.116. The van der Waals surface area contributed by atoms with Crippen LogP contribution in [-0.4, -0.2) is 34.6 Å². The van der Waals surface area contributed by atoms with Crippen LogP contribution in [0.4, 0.5) is 4.39 Å². The largest absolute Gasteiger partial charge is 0.352 e. The molecule has 1 aliphatic rings. The Bertz CT molecular complexity index is 1170. The zero-order valence-corrected chi connectivity index (χ0v) is 22.3. The maximum Gasteiger partial charge on any atom is 0.243 e. The highest BCUT2D eigenvalue weighted by atomic mass is 35.5. The highest BCUT2D eigenvalue weighted by molar-refractivity contribution is 7.99. The normalized spacial score (nSPS) is 14.3. The SMILES string of the molecule is O=C(NC1CCCC1)[C@H](Cc1ccccc1)N(Cc1cccc(Cl)c1)C(=O)CSCc1ccc(F)cc1. The second-order valence-electron chi connectivity index (χ2n) is 9.47. The Labute approximate surface area is 227 Å². The van der Waals surface area contributed by atoms with E-state index in [4.69, 9.17) is 11.6 Å². The van der Waals surface area contributed by atoms with Crippen LogP contribution in [0.15, 0.2) is 78.9 Å². The summed E-state index contributed by atoms with van der Waals surface area (Å²) in [6, 6.07) is 23.0. The average Bonchev–Trinajstić information content (AvgIpc) is 3.41. The van der Waals surface area contributed by atoms with Crippen LogP contribution in [0.5, 0.6) is 0 Å². The van der Waals surface area contributed by atoms with Crippen molar-refractivity contribution < 1.29 is 14.0 Å². The molecule has 3 aromatic rings. The molecule has 1 saturated carbocycles. The lowest BCUT2D eigenvalue weighted by molar-refractivity contribution is -0.139. The lowest BCUT2D eigenvalue weighted by Gasteiger charge is -2.32. The number of carbonyl (C=O) groups is 2. The lowest BCUT2D eigenvalue weighted by atomic mass is 10.0. The summed E-state index contributed by atoms with van der Waals surface area (Å²) in [5.41, 5.74) is 2.81. The first kappa shape index (κ1) is 27.2. The van der Waals surface area contributed by atoms with Crippen LogP contribution in [0, 0.1) is 5.82 Å². The van der Waals surface area contributed by atoms with Gasteiger partial charge in [0.05, 0.1) is 5.75 Å². The Morgan fingerprint density at radius 2 is 1.65 bits per heavy atom. The monoisotopic (exact) mass is 538 g/mol. The van der Waals surface area contributed by atoms with Crippen LogP contribution < -0.4 is 5.32 Å². The Morgan fingerprint density at radius 3 is 2.35 bits per heavy atom. The molecule has 4 rings (SSSR count). The molecule has 0 aromatic heterocycles. The summed E-state index contributed by atoms with van der Waals surface area (Å²) in [6.07, 6.45) is 4.59. The molecule has 0 unspecified atom stereocenters. The first-order chi connectivity index (χ1) is 18.0. The van der Waals surface area contributed by atoms with Crippen molar-refractivity contribution in [2.45, 2.75) is 56.5 Å². The number of thioether (sulfide) groups is 1. The molecule has 1 atom stereocenters. The standard InChI is InChI=1S/C30H32ClFN2O2S/c31-25-10-6-9-24(17-25)19-34(29(35)21-37-20-23-13-15-26(32)16-14-23)28(18-22-7-2-1-3-8-22)30(36)33-27-11-4-5-12-27/h1-3,6-10,13-17,27-28H,4-5,11-12,18-21H2,(H,33,36)/t28-/m0/s1. The van der Waals surface area contributed by atoms with E-state index in [1.165, 1.54) is 23.9 Å². The molecule has 0 bridgehead atoms. The zero-order valence-electron chi connectivity index (χ0n) is 20.7. The number of carbonyl (C=O) groups excluding carboxylic acids is 2. The predicted molar refractivity (Wildman–Crippen MR) is 149 cm³/mol. The molecule has 0 spiro atoms. The van der Waals surface area contributed by atoms with Crippen LogP contribution in [0.3, 0.4) is 0 Å². The van der Waals surface area contributed by atoms with Crippen molar-refractivity contribution in [3.05, 3.63) is 106 Å². The molecule has 1 fully saturated rings. The molecule has 0 saturated heterocycles. The number of rotatable bonds is 11. The third-order valence-corrected chi connectivity index (χ3v) is 7.85. The third kappa shape index (κ3) is 8.34. The van der Waals surface area contributed by atoms with Crippen molar-refractivity contribution in [2.24, 2.45) is 0 Å². The topological polar surface area (TPSA) is 49.4 Å². The molecule has 2 amide bonds. The van der Waals surface area contributed by atoms with Gasteiger partial charge in [0.25, 0.3) is 0 Å². The van der Waals surface area contributed by atoms with E-state index in [-0.39, 0.29) is 36.0 Å². The van der Waals surface area contributed by atoms with Crippen LogP contribution in [0.25, 0.3) is 0 Å². The summed E-state index contributed by atoms with van der Waals surface area (Å²) in [6.45, 7) is 0.284. The summed E-state index contributed by atoms with van der Waals surface area (Å²) in [4.78, 5) is 29.0. The average molecular weight is 539 g/mol. The Balaban J connectivity index is 1.56. The van der Waals surface area contributed by atoms with Crippen molar-refractivity contribution in [3.8, 4) is 0 Å². The first-order valence-electron chi connectivity index (χ1n) is 12.7. The molecule has 194 valence electrons. The van der Waals surface area contributed by atoms with Crippen molar-refractivity contribution in [2.75, 3.05) is 5.75 Å². The first-order valence-corrected chi connectivity index (χ1v) is 14.2. The van der Waals surface area contributed by atoms with Crippen molar-refractivity contribution in [1.82, 2.24) is 10.2 Å². The molecule has 0 aliphatic heterocycles. The number of nitrogens with zero attached hydrogens (tertiary/aromatic N) is 1. The highest BCUT2D eigenvalue weighted by Crippen LogP contribution is 2.22. The van der Waals surface area contributed by atoms with E-state index >= 15 is 0 Å². The van der Waals surface area contributed by atoms with Crippen LogP contribution in [0.1, 0.15) is 42.4 Å². The quantitative estimate of drug-likeness (QED) is 0.307. The maximum atomic E-state index is 13.7. The second kappa shape index (κ2) is 13.6. The number of hydrogen-bond donors (Lipinski definition) is 1. The Kier molecular flexibility index (Phi) is 10.0. The van der Waals surface area contributed by atoms with Crippen LogP contribution in [-0.2, 0) is 28.3 Å². The molecule has 37 heavy (non-hydrogen) atoms. The van der Waals surface area contributed by atoms with Gasteiger partial charge in [-0.25, -0.2) is 4.39 Å². The van der Waals surface area contributed by atoms with Gasteiger partial charge in [-0.05, 0) is 53.8 Å². The van der Waals surface area contributed by atoms with E-state index in [0.29, 0.717) is 17.2 Å². The van der Waals surface area contributed by atoms with Gasteiger partial charge in [0.2, 0.25) is 11.8 Å². The molecule has 3 aromatic carbocycles. The summed E-state index contributed by atoms with van der Waals surface area (Å²) >= 11 is 7.70. The van der Waals surface area contributed by atoms with Gasteiger partial charge in [0.1, 0.15) is 11.9 Å². The minimum atomic E-state index is -0.652. The van der Waals surface area contributed by atoms with E-state index in [1.54, 1.807) is 23.1 Å². The summed E-state index contributed by atoms with van der Waals surface area (Å²) in [5.74, 6) is 0.271. The van der Waals surface area contributed by atoms with Crippen molar-refractivity contribution >= 4 is 35.2 Å². The summed E-state index contributed by atoms with van der Waals surface area (Å²) in [5, 5.41) is 3.81. The van der Waals surface area contributed by atoms with Gasteiger partial charge in [-0.2, -0.15) is 0 Å². The Morgan fingerprint density at radius 1 is 0.946 bits per heavy atom. The van der Waals surface area contributed by atoms with E-state index in [9.17, 15) is 14.0 Å². The van der Waals surface area contributed by atoms with Crippen LogP contribution in [0.2, 0.25) is 5.02 Å². The smallest absolute Gasteiger partial charge is 0.243 e. The van der Waals surface area contributed by atoms with Gasteiger partial charge >= 0.3 is 0 Å². The van der Waals surface area contributed by atoms with Gasteiger partial charge in [-0.3, -0.25) is 9.59 Å². The number of amides is 2. The van der Waals surface area contributed by atoms with E-state index in [2.05, 4.69) is 5.32 Å². The Hall–Kier alpha value is -2.83. The van der Waals surface area contributed by atoms with Gasteiger partial charge < -0.3 is 10.2 Å². The predicted octanol–water partition coefficient (Wildman–Crippen LogP) is 6.41. The van der Waals surface area contributed by atoms with Gasteiger partial charge in [-0.15, -0.1) is 11.8 Å². The van der Waals surface area contributed by atoms with Crippen molar-refractivity contribution in [1.29, 1.82) is 0 Å². The molecular formula is C30H32ClFN2O2S. The number of hydrogen-bond acceptors (Lipinski definition) is 3. The summed E-state index contributed by atoms with van der Waals surface area (Å²) < 4.78 is 13.3. The molecule has 0 radical (unpaired) electrons. The summed E-state index contributed by atoms with van der Waals surface area (Å²) in [7, 11) is 0. The van der Waals surface area contributed by atoms with Gasteiger partial charge in [0, 0.05) is 29.8 Å². The molecule has 1 aliphatic carbocycles. The lowest BCUT2D eigenvalue weighted by Crippen LogP contribution is -2.52. The fourth-order valence-electron chi connectivity index (χ4n) is 4.67. The van der Waals surface area contributed by atoms with Gasteiger partial charge in [0.15, 0.2) is 0 Å².